The van der Waals surface area contributed by atoms with Crippen LogP contribution in [0.3, 0.4) is 0 Å². The van der Waals surface area contributed by atoms with E-state index in [-0.39, 0.29) is 42.6 Å². The number of esters is 1. The standard InChI is InChI=1S/C31H42N2O9/c1-6-33(38)25-19-14-22-29(33,42-27(35)17-9-7-8-10-20(17)32-16(2)34)12-11-24(40-4)30(22,25)23-13-18-21(39-3)15-28(19,36)31(23,37)26(18)41-5/h7-10,18-19,21-26,36-37H,6,11-15H2,1-5H3,(H,32,34)/t18-,19+,21+,22+,23-,24+,25-,26+,28-,29-,30-,31-,33-/m0/s1. The first-order valence-corrected chi connectivity index (χ1v) is 15.2. The number of hydroxylamine groups is 3. The first-order chi connectivity index (χ1) is 20.0. The van der Waals surface area contributed by atoms with Gasteiger partial charge in [-0.3, -0.25) is 4.79 Å². The van der Waals surface area contributed by atoms with Crippen molar-refractivity contribution in [2.45, 2.75) is 87.2 Å². The van der Waals surface area contributed by atoms with Crippen molar-refractivity contribution in [3.05, 3.63) is 35.0 Å². The van der Waals surface area contributed by atoms with Gasteiger partial charge in [-0.1, -0.05) is 12.1 Å². The van der Waals surface area contributed by atoms with Gasteiger partial charge < -0.3 is 44.3 Å². The SMILES string of the molecule is CC[N@+]1([O-])[C@H]2[C@H]3C[C@H]4[C@@]2([C@H](OC)CC[C@]41OC(=O)c1ccccc1NC(C)=O)[C@@H]1C[C@@H]2[C@@H](OC)[C@]1(O)[C@]3(O)C[C@H]2OC. The molecule has 6 fully saturated rings. The van der Waals surface area contributed by atoms with E-state index in [1.807, 2.05) is 6.92 Å². The molecule has 230 valence electrons. The summed E-state index contributed by atoms with van der Waals surface area (Å²) in [6, 6.07) is 5.98. The van der Waals surface area contributed by atoms with E-state index < -0.39 is 62.9 Å². The third-order valence-corrected chi connectivity index (χ3v) is 12.7. The zero-order chi connectivity index (χ0) is 30.0. The Morgan fingerprint density at radius 1 is 1.10 bits per heavy atom. The molecule has 3 N–H and O–H groups in total. The Hall–Kier alpha value is -2.12. The Kier molecular flexibility index (Phi) is 6.11. The smallest absolute Gasteiger partial charge is 0.344 e. The summed E-state index contributed by atoms with van der Waals surface area (Å²) in [5.74, 6) is -2.70. The van der Waals surface area contributed by atoms with Crippen LogP contribution in [0.25, 0.3) is 0 Å². The Balaban J connectivity index is 1.40. The lowest BCUT2D eigenvalue weighted by Crippen LogP contribution is -2.80. The number of benzene rings is 1. The third kappa shape index (κ3) is 2.87. The van der Waals surface area contributed by atoms with Gasteiger partial charge in [0.05, 0.1) is 47.4 Å². The minimum Gasteiger partial charge on any atom is -0.630 e. The number of hydrogen-bond acceptors (Lipinski definition) is 9. The lowest BCUT2D eigenvalue weighted by Gasteiger charge is -2.65. The Morgan fingerprint density at radius 2 is 1.83 bits per heavy atom. The summed E-state index contributed by atoms with van der Waals surface area (Å²) in [6.07, 6.45) is 0.547. The molecule has 7 rings (SSSR count). The van der Waals surface area contributed by atoms with E-state index in [1.165, 1.54) is 6.92 Å². The number of methoxy groups -OCH3 is 3. The van der Waals surface area contributed by atoms with E-state index in [9.17, 15) is 19.8 Å². The van der Waals surface area contributed by atoms with Crippen LogP contribution in [-0.4, -0.2) is 95.9 Å². The molecule has 1 aromatic rings. The van der Waals surface area contributed by atoms with Gasteiger partial charge in [-0.15, -0.1) is 0 Å². The predicted molar refractivity (Wildman–Crippen MR) is 149 cm³/mol. The summed E-state index contributed by atoms with van der Waals surface area (Å²) in [4.78, 5) is 25.9. The minimum absolute atomic E-state index is 0.128. The fraction of sp³-hybridized carbons (Fsp3) is 0.742. The number of para-hydroxylation sites is 1. The Morgan fingerprint density at radius 3 is 2.48 bits per heavy atom. The maximum absolute atomic E-state index is 15.6. The van der Waals surface area contributed by atoms with Crippen LogP contribution in [0, 0.1) is 34.3 Å². The maximum atomic E-state index is 15.6. The molecule has 7 bridgehead atoms. The maximum Gasteiger partial charge on any atom is 0.344 e. The summed E-state index contributed by atoms with van der Waals surface area (Å²) in [5.41, 5.74) is -5.01. The largest absolute Gasteiger partial charge is 0.630 e. The van der Waals surface area contributed by atoms with Gasteiger partial charge in [-0.25, -0.2) is 4.79 Å². The highest BCUT2D eigenvalue weighted by Crippen LogP contribution is 2.83. The minimum atomic E-state index is -1.62. The van der Waals surface area contributed by atoms with E-state index >= 15 is 5.21 Å². The summed E-state index contributed by atoms with van der Waals surface area (Å²) in [6.45, 7) is 3.31. The van der Waals surface area contributed by atoms with Crippen LogP contribution in [-0.2, 0) is 23.7 Å². The number of carbonyl (C=O) groups is 2. The third-order valence-electron chi connectivity index (χ3n) is 12.7. The van der Waals surface area contributed by atoms with Crippen molar-refractivity contribution in [2.75, 3.05) is 33.2 Å². The molecule has 1 aliphatic heterocycles. The van der Waals surface area contributed by atoms with Gasteiger partial charge >= 0.3 is 5.97 Å². The Bertz CT molecular complexity index is 1330. The van der Waals surface area contributed by atoms with Crippen molar-refractivity contribution < 1.29 is 43.4 Å². The average Bonchev–Trinajstić information content (AvgIpc) is 3.49. The molecule has 1 aromatic carbocycles. The number of aliphatic hydroxyl groups is 2. The van der Waals surface area contributed by atoms with E-state index in [0.29, 0.717) is 31.4 Å². The number of carbonyl (C=O) groups excluding carboxylic acids is 2. The molecule has 42 heavy (non-hydrogen) atoms. The van der Waals surface area contributed by atoms with Crippen molar-refractivity contribution >= 4 is 17.6 Å². The van der Waals surface area contributed by atoms with Gasteiger partial charge in [-0.2, -0.15) is 0 Å². The molecule has 5 aliphatic carbocycles. The van der Waals surface area contributed by atoms with Crippen LogP contribution in [0.2, 0.25) is 0 Å². The topological polar surface area (TPSA) is 147 Å². The summed E-state index contributed by atoms with van der Waals surface area (Å²) >= 11 is 0. The van der Waals surface area contributed by atoms with Crippen LogP contribution in [0.5, 0.6) is 0 Å². The number of anilines is 1. The molecule has 13 atom stereocenters. The summed E-state index contributed by atoms with van der Waals surface area (Å²) in [7, 11) is 4.84. The first kappa shape index (κ1) is 28.6. The molecule has 5 saturated carbocycles. The second kappa shape index (κ2) is 8.97. The summed E-state index contributed by atoms with van der Waals surface area (Å²) in [5, 5.41) is 43.7. The zero-order valence-electron chi connectivity index (χ0n) is 24.9. The van der Waals surface area contributed by atoms with Crippen molar-refractivity contribution in [2.24, 2.45) is 29.1 Å². The zero-order valence-corrected chi connectivity index (χ0v) is 24.9. The molecule has 1 spiro atoms. The molecule has 6 aliphatic rings. The molecule has 1 heterocycles. The molecule has 0 aromatic heterocycles. The van der Waals surface area contributed by atoms with Crippen LogP contribution >= 0.6 is 0 Å². The van der Waals surface area contributed by atoms with Crippen molar-refractivity contribution in [1.82, 2.24) is 0 Å². The molecule has 11 heteroatoms. The lowest BCUT2D eigenvalue weighted by molar-refractivity contribution is -0.975. The number of quaternary nitrogens is 1. The van der Waals surface area contributed by atoms with Gasteiger partial charge in [-0.05, 0) is 38.3 Å². The highest BCUT2D eigenvalue weighted by molar-refractivity contribution is 6.00. The van der Waals surface area contributed by atoms with E-state index in [2.05, 4.69) is 5.32 Å². The number of nitrogens with zero attached hydrogens (tertiary/aromatic N) is 1. The van der Waals surface area contributed by atoms with Gasteiger partial charge in [0.25, 0.3) is 5.72 Å². The predicted octanol–water partition coefficient (Wildman–Crippen LogP) is 2.19. The average molecular weight is 587 g/mol. The van der Waals surface area contributed by atoms with Gasteiger partial charge in [0.15, 0.2) is 0 Å². The second-order valence-corrected chi connectivity index (χ2v) is 13.5. The van der Waals surface area contributed by atoms with Gasteiger partial charge in [0, 0.05) is 58.8 Å². The monoisotopic (exact) mass is 586 g/mol. The van der Waals surface area contributed by atoms with E-state index in [4.69, 9.17) is 18.9 Å². The number of rotatable bonds is 7. The quantitative estimate of drug-likeness (QED) is 0.249. The van der Waals surface area contributed by atoms with Crippen molar-refractivity contribution in [3.63, 3.8) is 0 Å². The van der Waals surface area contributed by atoms with Gasteiger partial charge in [0.2, 0.25) is 5.91 Å². The van der Waals surface area contributed by atoms with Crippen LogP contribution in [0.15, 0.2) is 24.3 Å². The van der Waals surface area contributed by atoms with Crippen LogP contribution in [0.4, 0.5) is 5.69 Å². The molecule has 11 nitrogen and oxygen atoms in total. The van der Waals surface area contributed by atoms with Crippen LogP contribution in [0.1, 0.15) is 56.3 Å². The normalized spacial score (nSPS) is 51.0. The number of piperidine rings is 1. The first-order valence-electron chi connectivity index (χ1n) is 15.2. The second-order valence-electron chi connectivity index (χ2n) is 13.5. The van der Waals surface area contributed by atoms with Crippen molar-refractivity contribution in [3.8, 4) is 0 Å². The number of amides is 1. The number of nitrogens with one attached hydrogen (secondary N) is 1. The molecule has 0 radical (unpaired) electrons. The van der Waals surface area contributed by atoms with Crippen molar-refractivity contribution in [1.29, 1.82) is 0 Å². The summed E-state index contributed by atoms with van der Waals surface area (Å²) < 4.78 is 23.8. The van der Waals surface area contributed by atoms with Crippen LogP contribution < -0.4 is 5.32 Å². The fourth-order valence-electron chi connectivity index (χ4n) is 11.8. The number of hydrogen-bond donors (Lipinski definition) is 3. The molecule has 1 saturated heterocycles. The molecule has 1 amide bonds. The highest BCUT2D eigenvalue weighted by Gasteiger charge is 2.95. The lowest BCUT2D eigenvalue weighted by atomic mass is 9.48. The molecule has 0 unspecified atom stereocenters. The number of likely N-dealkylation sites (tertiary alicyclic amines) is 1. The van der Waals surface area contributed by atoms with Gasteiger partial charge in [0.1, 0.15) is 17.2 Å². The molecular formula is C31H42N2O9. The molecular weight excluding hydrogens is 544 g/mol. The van der Waals surface area contributed by atoms with E-state index in [1.54, 1.807) is 45.6 Å². The highest BCUT2D eigenvalue weighted by atomic mass is 16.7. The number of fused-ring (bicyclic) bond motifs is 2. The fourth-order valence-corrected chi connectivity index (χ4v) is 11.8. The van der Waals surface area contributed by atoms with E-state index in [0.717, 1.165) is 0 Å². The Labute approximate surface area is 245 Å². The number of ether oxygens (including phenoxy) is 4.